The van der Waals surface area contributed by atoms with Gasteiger partial charge in [-0.15, -0.1) is 6.42 Å². The number of hydrogen-bond donors (Lipinski definition) is 1. The fourth-order valence-corrected chi connectivity index (χ4v) is 4.99. The molecule has 0 aliphatic carbocycles. The second kappa shape index (κ2) is 22.6. The van der Waals surface area contributed by atoms with Crippen molar-refractivity contribution in [3.63, 3.8) is 0 Å². The van der Waals surface area contributed by atoms with E-state index < -0.39 is 18.4 Å². The van der Waals surface area contributed by atoms with Crippen LogP contribution < -0.4 is 0 Å². The zero-order valence-electron chi connectivity index (χ0n) is 30.1. The summed E-state index contributed by atoms with van der Waals surface area (Å²) in [6, 6.07) is 26.4. The van der Waals surface area contributed by atoms with Gasteiger partial charge in [-0.1, -0.05) is 48.4 Å². The van der Waals surface area contributed by atoms with Gasteiger partial charge in [0.25, 0.3) is 0 Å². The second-order valence-corrected chi connectivity index (χ2v) is 13.1. The number of aromatic hydroxyl groups is 1. The molecule has 53 heavy (non-hydrogen) atoms. The number of Topliss-reactive ketones (excluding diaryl/α,β-unsaturated/α-hetero) is 2. The summed E-state index contributed by atoms with van der Waals surface area (Å²) in [5.41, 5.74) is 2.81. The number of carbonyl (C=O) groups excluding carboxylic acids is 2. The fourth-order valence-electron chi connectivity index (χ4n) is 4.60. The minimum atomic E-state index is -0.479. The van der Waals surface area contributed by atoms with E-state index in [0.29, 0.717) is 54.6 Å². The maximum Gasteiger partial charge on any atom is 0.183 e. The summed E-state index contributed by atoms with van der Waals surface area (Å²) in [5.74, 6) is 2.73. The number of rotatable bonds is 3. The lowest BCUT2D eigenvalue weighted by Crippen LogP contribution is -2.17. The Morgan fingerprint density at radius 3 is 1.66 bits per heavy atom. The Morgan fingerprint density at radius 2 is 1.21 bits per heavy atom. The molecule has 8 nitrogen and oxygen atoms in total. The third-order valence-corrected chi connectivity index (χ3v) is 7.80. The highest BCUT2D eigenvalue weighted by atomic mass is 127. The average Bonchev–Trinajstić information content (AvgIpc) is 3.58. The van der Waals surface area contributed by atoms with Crippen molar-refractivity contribution in [3.05, 3.63) is 123 Å². The lowest BCUT2D eigenvalue weighted by Gasteiger charge is -2.23. The Morgan fingerprint density at radius 1 is 0.717 bits per heavy atom. The van der Waals surface area contributed by atoms with E-state index in [-0.39, 0.29) is 22.9 Å². The molecule has 0 atom stereocenters. The lowest BCUT2D eigenvalue weighted by atomic mass is 10.1. The van der Waals surface area contributed by atoms with Gasteiger partial charge in [0.2, 0.25) is 0 Å². The third kappa shape index (κ3) is 14.8. The first-order valence-corrected chi connectivity index (χ1v) is 17.9. The number of para-hydroxylation sites is 2. The average molecular weight is 841 g/mol. The van der Waals surface area contributed by atoms with E-state index in [4.69, 9.17) is 34.9 Å². The third-order valence-electron chi connectivity index (χ3n) is 6.88. The number of furan rings is 1. The van der Waals surface area contributed by atoms with E-state index in [1.165, 1.54) is 39.8 Å². The van der Waals surface area contributed by atoms with Gasteiger partial charge < -0.3 is 38.1 Å². The molecule has 0 radical (unpaired) electrons. The lowest BCUT2D eigenvalue weighted by molar-refractivity contribution is -0.183. The first-order valence-electron chi connectivity index (χ1n) is 16.8. The predicted molar refractivity (Wildman–Crippen MR) is 208 cm³/mol. The van der Waals surface area contributed by atoms with Gasteiger partial charge in [-0.05, 0) is 112 Å². The number of ether oxygens (including phenoxy) is 4. The minimum Gasteiger partial charge on any atom is -0.507 e. The Bertz CT molecular complexity index is 1880. The minimum absolute atomic E-state index is 0.167. The zero-order valence-corrected chi connectivity index (χ0v) is 32.2. The monoisotopic (exact) mass is 840 g/mol. The highest BCUT2D eigenvalue weighted by Crippen LogP contribution is 2.32. The number of fused-ring (bicyclic) bond motifs is 1. The van der Waals surface area contributed by atoms with Crippen LogP contribution in [0.5, 0.6) is 5.75 Å². The molecule has 2 aliphatic rings. The van der Waals surface area contributed by atoms with Gasteiger partial charge >= 0.3 is 0 Å². The molecule has 0 spiro atoms. The van der Waals surface area contributed by atoms with E-state index in [2.05, 4.69) is 28.5 Å². The Hall–Kier alpha value is -4.45. The molecule has 4 aromatic carbocycles. The fraction of sp³-hybridized carbons (Fsp3) is 0.286. The van der Waals surface area contributed by atoms with Crippen molar-refractivity contribution in [2.45, 2.75) is 53.1 Å². The summed E-state index contributed by atoms with van der Waals surface area (Å²) in [6.45, 7) is 8.67. The van der Waals surface area contributed by atoms with E-state index in [1.807, 2.05) is 48.5 Å². The molecule has 1 aromatic heterocycles. The smallest absolute Gasteiger partial charge is 0.183 e. The zero-order chi connectivity index (χ0) is 38.8. The Labute approximate surface area is 322 Å². The van der Waals surface area contributed by atoms with Gasteiger partial charge in [-0.25, -0.2) is 8.78 Å². The van der Waals surface area contributed by atoms with Crippen molar-refractivity contribution in [1.29, 1.82) is 0 Å². The van der Waals surface area contributed by atoms with Gasteiger partial charge in [-0.3, -0.25) is 0 Å². The Kier molecular flexibility index (Phi) is 18.3. The highest BCUT2D eigenvalue weighted by molar-refractivity contribution is 14.1. The predicted octanol–water partition coefficient (Wildman–Crippen LogP) is 10.1. The maximum atomic E-state index is 14.4. The first-order chi connectivity index (χ1) is 25.4. The summed E-state index contributed by atoms with van der Waals surface area (Å²) in [7, 11) is 0. The Balaban J connectivity index is 0.000000210. The van der Waals surface area contributed by atoms with Crippen LogP contribution >= 0.6 is 22.6 Å². The van der Waals surface area contributed by atoms with Crippen LogP contribution in [0.2, 0.25) is 0 Å². The molecule has 11 heteroatoms. The number of phenolic OH excluding ortho intramolecular Hbond substituents is 1. The SMILES string of the molecule is C#Cc1ccc(C2OCCCO2)cc1F.CC(C)=O.CC(C)=O.Fc1cc(C2OCCCO2)ccc1-c1cc2ccccc2o1.Oc1ccccc1I. The van der Waals surface area contributed by atoms with Crippen LogP contribution in [0.3, 0.4) is 0 Å². The second-order valence-electron chi connectivity index (χ2n) is 11.9. The van der Waals surface area contributed by atoms with E-state index >= 15 is 0 Å². The molecule has 7 rings (SSSR count). The molecular weight excluding hydrogens is 797 g/mol. The van der Waals surface area contributed by atoms with Crippen molar-refractivity contribution < 1.29 is 46.8 Å². The van der Waals surface area contributed by atoms with Crippen molar-refractivity contribution in [3.8, 4) is 29.4 Å². The van der Waals surface area contributed by atoms with Crippen molar-refractivity contribution in [2.75, 3.05) is 26.4 Å². The molecule has 0 unspecified atom stereocenters. The summed E-state index contributed by atoms with van der Waals surface area (Å²) >= 11 is 2.07. The molecule has 0 saturated carbocycles. The molecule has 0 bridgehead atoms. The van der Waals surface area contributed by atoms with Crippen molar-refractivity contribution in [1.82, 2.24) is 0 Å². The maximum absolute atomic E-state index is 14.4. The van der Waals surface area contributed by atoms with Crippen LogP contribution in [0.4, 0.5) is 8.78 Å². The molecule has 280 valence electrons. The highest BCUT2D eigenvalue weighted by Gasteiger charge is 2.20. The van der Waals surface area contributed by atoms with Crippen LogP contribution in [0.25, 0.3) is 22.3 Å². The molecule has 2 aliphatic heterocycles. The molecule has 2 fully saturated rings. The first kappa shape index (κ1) is 43.0. The number of phenols is 1. The number of benzene rings is 4. The van der Waals surface area contributed by atoms with Crippen LogP contribution in [-0.2, 0) is 28.5 Å². The molecule has 5 aromatic rings. The molecular formula is C42H43F2IO8. The largest absolute Gasteiger partial charge is 0.507 e. The number of halogens is 3. The molecule has 2 saturated heterocycles. The number of hydrogen-bond acceptors (Lipinski definition) is 8. The van der Waals surface area contributed by atoms with Gasteiger partial charge in [0, 0.05) is 16.5 Å². The number of ketones is 2. The number of carbonyl (C=O) groups is 2. The molecule has 1 N–H and O–H groups in total. The normalized spacial score (nSPS) is 14.0. The van der Waals surface area contributed by atoms with E-state index in [1.54, 1.807) is 30.3 Å². The summed E-state index contributed by atoms with van der Waals surface area (Å²) in [5, 5.41) is 9.87. The van der Waals surface area contributed by atoms with Crippen molar-refractivity contribution in [2.24, 2.45) is 0 Å². The van der Waals surface area contributed by atoms with Gasteiger partial charge in [-0.2, -0.15) is 0 Å². The van der Waals surface area contributed by atoms with Gasteiger partial charge in [0.1, 0.15) is 40.3 Å². The van der Waals surface area contributed by atoms with E-state index in [0.717, 1.165) is 27.4 Å². The molecule has 0 amide bonds. The standard InChI is InChI=1S/C18H15FO3.C12H11FO2.C6H5IO.2C3H6O/c19-15-10-13(18-20-8-3-9-21-18)6-7-14(15)17-11-12-4-1-2-5-16(12)22-17;1-2-9-4-5-10(8-11(9)13)12-14-6-3-7-15-12;7-5-3-1-2-4-6(5)8;2*1-3(2)4/h1-2,4-7,10-11,18H,3,8-9H2;1,4-5,8,12H,3,6-7H2;1-4,8H;2*1-2H3. The van der Waals surface area contributed by atoms with Gasteiger partial charge in [0.15, 0.2) is 12.6 Å². The van der Waals surface area contributed by atoms with Gasteiger partial charge in [0.05, 0.1) is 41.1 Å². The van der Waals surface area contributed by atoms with Crippen molar-refractivity contribution >= 4 is 45.1 Å². The topological polar surface area (TPSA) is 104 Å². The van der Waals surface area contributed by atoms with Crippen LogP contribution in [0.15, 0.2) is 95.4 Å². The quantitative estimate of drug-likeness (QED) is 0.142. The molecule has 3 heterocycles. The van der Waals surface area contributed by atoms with Crippen LogP contribution in [0, 0.1) is 27.5 Å². The van der Waals surface area contributed by atoms with Crippen LogP contribution in [0.1, 0.15) is 69.8 Å². The number of terminal acetylenes is 1. The summed E-state index contributed by atoms with van der Waals surface area (Å²) < 4.78 is 56.1. The van der Waals surface area contributed by atoms with E-state index in [9.17, 15) is 18.4 Å². The summed E-state index contributed by atoms with van der Waals surface area (Å²) in [4.78, 5) is 18.9. The van der Waals surface area contributed by atoms with Crippen LogP contribution in [-0.4, -0.2) is 43.1 Å². The summed E-state index contributed by atoms with van der Waals surface area (Å²) in [6.07, 6.45) is 5.94.